The summed E-state index contributed by atoms with van der Waals surface area (Å²) in [6.07, 6.45) is -0.574. The first-order valence-electron chi connectivity index (χ1n) is 14.4. The number of carbonyl (C=O) groups excluding carboxylic acids is 4. The van der Waals surface area contributed by atoms with E-state index in [1.54, 1.807) is 0 Å². The first-order valence-corrected chi connectivity index (χ1v) is 14.4. The molecule has 11 nitrogen and oxygen atoms in total. The molecule has 6 N–H and O–H groups in total. The highest BCUT2D eigenvalue weighted by molar-refractivity contribution is 5.92. The quantitative estimate of drug-likeness (QED) is 0.158. The van der Waals surface area contributed by atoms with Crippen molar-refractivity contribution in [1.29, 1.82) is 0 Å². The first kappa shape index (κ1) is 33.3. The van der Waals surface area contributed by atoms with Gasteiger partial charge in [-0.3, -0.25) is 19.2 Å². The summed E-state index contributed by atoms with van der Waals surface area (Å²) in [5.74, 6) is -3.23. The predicted molar refractivity (Wildman–Crippen MR) is 163 cm³/mol. The number of primary amides is 1. The van der Waals surface area contributed by atoms with Crippen LogP contribution in [0.1, 0.15) is 42.4 Å². The number of nitrogens with two attached hydrogens (primary N) is 1. The Morgan fingerprint density at radius 1 is 0.705 bits per heavy atom. The number of aliphatic carboxylic acids is 1. The van der Waals surface area contributed by atoms with Crippen molar-refractivity contribution in [3.8, 4) is 0 Å². The van der Waals surface area contributed by atoms with Gasteiger partial charge in [0.2, 0.25) is 17.7 Å². The molecule has 44 heavy (non-hydrogen) atoms. The largest absolute Gasteiger partial charge is 0.481 e. The number of hydrogen-bond acceptors (Lipinski definition) is 6. The monoisotopic (exact) mass is 602 g/mol. The average Bonchev–Trinajstić information content (AvgIpc) is 3.01. The number of aryl methyl sites for hydroxylation is 1. The van der Waals surface area contributed by atoms with E-state index in [9.17, 15) is 29.1 Å². The molecular weight excluding hydrogens is 564 g/mol. The highest BCUT2D eigenvalue weighted by Crippen LogP contribution is 2.10. The summed E-state index contributed by atoms with van der Waals surface area (Å²) in [4.78, 5) is 62.4. The summed E-state index contributed by atoms with van der Waals surface area (Å²) in [7, 11) is 0. The smallest absolute Gasteiger partial charge is 0.407 e. The molecule has 232 valence electrons. The number of carbonyl (C=O) groups is 5. The van der Waals surface area contributed by atoms with E-state index in [0.717, 1.165) is 16.7 Å². The molecule has 0 radical (unpaired) electrons. The van der Waals surface area contributed by atoms with Gasteiger partial charge in [-0.25, -0.2) is 4.79 Å². The van der Waals surface area contributed by atoms with Gasteiger partial charge in [0.1, 0.15) is 18.7 Å². The molecule has 0 aliphatic rings. The highest BCUT2D eigenvalue weighted by atomic mass is 16.5. The third kappa shape index (κ3) is 12.4. The maximum atomic E-state index is 13.2. The molecule has 0 aliphatic heterocycles. The number of amides is 4. The molecule has 11 heteroatoms. The van der Waals surface area contributed by atoms with Crippen molar-refractivity contribution in [2.75, 3.05) is 0 Å². The SMILES string of the molecule is NC(=O)[C@H](CCc1ccccc1)NC(=O)[C@H](CCC(=O)O)NC(=O)C[C@H](Cc1ccccc1)NC(=O)OCc1ccccc1. The Kier molecular flexibility index (Phi) is 13.4. The van der Waals surface area contributed by atoms with Crippen LogP contribution in [0.4, 0.5) is 4.79 Å². The Bertz CT molecular complexity index is 1370. The Labute approximate surface area is 256 Å². The van der Waals surface area contributed by atoms with Crippen LogP contribution >= 0.6 is 0 Å². The number of hydrogen-bond donors (Lipinski definition) is 5. The first-order chi connectivity index (χ1) is 21.2. The van der Waals surface area contributed by atoms with Crippen LogP contribution in [0, 0.1) is 0 Å². The zero-order chi connectivity index (χ0) is 31.7. The van der Waals surface area contributed by atoms with Crippen molar-refractivity contribution in [2.24, 2.45) is 5.73 Å². The number of ether oxygens (including phenoxy) is 1. The number of rotatable bonds is 17. The zero-order valence-electron chi connectivity index (χ0n) is 24.3. The van der Waals surface area contributed by atoms with E-state index in [2.05, 4.69) is 16.0 Å². The van der Waals surface area contributed by atoms with Gasteiger partial charge in [-0.2, -0.15) is 0 Å². The van der Waals surface area contributed by atoms with Gasteiger partial charge in [-0.05, 0) is 42.4 Å². The van der Waals surface area contributed by atoms with Crippen LogP contribution < -0.4 is 21.7 Å². The van der Waals surface area contributed by atoms with Crippen LogP contribution in [0.15, 0.2) is 91.0 Å². The number of carboxylic acids is 1. The van der Waals surface area contributed by atoms with Crippen LogP contribution in [-0.2, 0) is 43.4 Å². The highest BCUT2D eigenvalue weighted by Gasteiger charge is 2.27. The van der Waals surface area contributed by atoms with Crippen LogP contribution in [0.2, 0.25) is 0 Å². The minimum atomic E-state index is -1.25. The molecular formula is C33H38N4O7. The summed E-state index contributed by atoms with van der Waals surface area (Å²) < 4.78 is 5.33. The fourth-order valence-electron chi connectivity index (χ4n) is 4.53. The second-order valence-corrected chi connectivity index (χ2v) is 10.3. The number of alkyl carbamates (subject to hydrolysis) is 1. The maximum absolute atomic E-state index is 13.2. The lowest BCUT2D eigenvalue weighted by molar-refractivity contribution is -0.138. The maximum Gasteiger partial charge on any atom is 0.407 e. The van der Waals surface area contributed by atoms with Crippen LogP contribution in [0.3, 0.4) is 0 Å². The molecule has 0 bridgehead atoms. The lowest BCUT2D eigenvalue weighted by Crippen LogP contribution is -2.53. The molecule has 3 rings (SSSR count). The second-order valence-electron chi connectivity index (χ2n) is 10.3. The zero-order valence-corrected chi connectivity index (χ0v) is 24.3. The number of benzene rings is 3. The van der Waals surface area contributed by atoms with E-state index in [-0.39, 0.29) is 25.9 Å². The Morgan fingerprint density at radius 2 is 1.27 bits per heavy atom. The predicted octanol–water partition coefficient (Wildman–Crippen LogP) is 2.87. The lowest BCUT2D eigenvalue weighted by atomic mass is 10.0. The summed E-state index contributed by atoms with van der Waals surface area (Å²) in [5, 5.41) is 17.1. The van der Waals surface area contributed by atoms with Gasteiger partial charge in [0, 0.05) is 18.9 Å². The molecule has 0 aliphatic carbocycles. The fourth-order valence-corrected chi connectivity index (χ4v) is 4.53. The van der Waals surface area contributed by atoms with Crippen LogP contribution in [0.25, 0.3) is 0 Å². The third-order valence-electron chi connectivity index (χ3n) is 6.81. The van der Waals surface area contributed by atoms with Gasteiger partial charge < -0.3 is 31.5 Å². The molecule has 0 fully saturated rings. The standard InChI is InChI=1S/C33H38N4O7/c34-31(41)27(17-16-23-10-4-1-5-11-23)37-32(42)28(18-19-30(39)40)36-29(38)21-26(20-24-12-6-2-7-13-24)35-33(43)44-22-25-14-8-3-9-15-25/h1-15,26-28H,16-22H2,(H2,34,41)(H,35,43)(H,36,38)(H,37,42)(H,39,40)/t26-,27-,28-/m0/s1. The van der Waals surface area contributed by atoms with Crippen LogP contribution in [-0.4, -0.2) is 53.0 Å². The molecule has 3 atom stereocenters. The van der Waals surface area contributed by atoms with Crippen molar-refractivity contribution >= 4 is 29.8 Å². The average molecular weight is 603 g/mol. The molecule has 0 saturated carbocycles. The molecule has 0 saturated heterocycles. The summed E-state index contributed by atoms with van der Waals surface area (Å²) in [6.45, 7) is 0.0413. The normalized spacial score (nSPS) is 12.6. The Hall–Kier alpha value is -5.19. The molecule has 3 aromatic carbocycles. The van der Waals surface area contributed by atoms with Gasteiger partial charge in [-0.15, -0.1) is 0 Å². The van der Waals surface area contributed by atoms with Gasteiger partial charge in [0.05, 0.1) is 0 Å². The van der Waals surface area contributed by atoms with Gasteiger partial charge in [0.25, 0.3) is 0 Å². The van der Waals surface area contributed by atoms with Gasteiger partial charge in [-0.1, -0.05) is 91.0 Å². The topological polar surface area (TPSA) is 177 Å². The summed E-state index contributed by atoms with van der Waals surface area (Å²) in [5.41, 5.74) is 8.13. The number of carboxylic acid groups (broad SMARTS) is 1. The van der Waals surface area contributed by atoms with E-state index < -0.39 is 54.3 Å². The van der Waals surface area contributed by atoms with E-state index >= 15 is 0 Å². The van der Waals surface area contributed by atoms with E-state index in [0.29, 0.717) is 12.8 Å². The summed E-state index contributed by atoms with van der Waals surface area (Å²) >= 11 is 0. The molecule has 3 aromatic rings. The minimum Gasteiger partial charge on any atom is -0.481 e. The lowest BCUT2D eigenvalue weighted by Gasteiger charge is -2.23. The number of nitrogens with one attached hydrogen (secondary N) is 3. The van der Waals surface area contributed by atoms with E-state index in [1.807, 2.05) is 91.0 Å². The molecule has 0 heterocycles. The van der Waals surface area contributed by atoms with Crippen molar-refractivity contribution in [3.05, 3.63) is 108 Å². The third-order valence-corrected chi connectivity index (χ3v) is 6.81. The van der Waals surface area contributed by atoms with Crippen molar-refractivity contribution in [1.82, 2.24) is 16.0 Å². The second kappa shape index (κ2) is 17.7. The Morgan fingerprint density at radius 3 is 1.84 bits per heavy atom. The van der Waals surface area contributed by atoms with Crippen molar-refractivity contribution in [3.63, 3.8) is 0 Å². The van der Waals surface area contributed by atoms with E-state index in [1.165, 1.54) is 0 Å². The van der Waals surface area contributed by atoms with Crippen LogP contribution in [0.5, 0.6) is 0 Å². The summed E-state index contributed by atoms with van der Waals surface area (Å²) in [6, 6.07) is 24.7. The molecule has 0 unspecified atom stereocenters. The van der Waals surface area contributed by atoms with Crippen molar-refractivity contribution < 1.29 is 33.8 Å². The Balaban J connectivity index is 1.65. The van der Waals surface area contributed by atoms with Gasteiger partial charge >= 0.3 is 12.1 Å². The molecule has 4 amide bonds. The van der Waals surface area contributed by atoms with E-state index in [4.69, 9.17) is 10.5 Å². The minimum absolute atomic E-state index is 0.0413. The molecule has 0 spiro atoms. The van der Waals surface area contributed by atoms with Gasteiger partial charge in [0.15, 0.2) is 0 Å². The molecule has 0 aromatic heterocycles. The van der Waals surface area contributed by atoms with Crippen molar-refractivity contribution in [2.45, 2.75) is 63.3 Å². The fraction of sp³-hybridized carbons (Fsp3) is 0.303.